The zero-order valence-electron chi connectivity index (χ0n) is 6.37. The summed E-state index contributed by atoms with van der Waals surface area (Å²) in [7, 11) is 1.46. The third-order valence-electron chi connectivity index (χ3n) is 2.46. The van der Waals surface area contributed by atoms with E-state index in [9.17, 15) is 4.79 Å². The number of esters is 1. The molecule has 3 unspecified atom stereocenters. The summed E-state index contributed by atoms with van der Waals surface area (Å²) in [6, 6.07) is 0.629. The van der Waals surface area contributed by atoms with Crippen molar-refractivity contribution in [2.45, 2.75) is 12.5 Å². The van der Waals surface area contributed by atoms with Crippen molar-refractivity contribution < 1.29 is 9.53 Å². The Morgan fingerprint density at radius 1 is 1.64 bits per heavy atom. The maximum absolute atomic E-state index is 11.0. The van der Waals surface area contributed by atoms with Gasteiger partial charge in [-0.1, -0.05) is 0 Å². The summed E-state index contributed by atoms with van der Waals surface area (Å²) in [6.07, 6.45) is 1.17. The highest BCUT2D eigenvalue weighted by atomic mass is 35.5. The van der Waals surface area contributed by atoms with E-state index >= 15 is 0 Å². The maximum Gasteiger partial charge on any atom is 0.310 e. The normalized spacial score (nSPS) is 38.8. The van der Waals surface area contributed by atoms with Gasteiger partial charge in [0.1, 0.15) is 0 Å². The summed E-state index contributed by atoms with van der Waals surface area (Å²) in [4.78, 5) is 11.0. The Morgan fingerprint density at radius 2 is 2.36 bits per heavy atom. The Hall–Kier alpha value is -0.280. The average Bonchev–Trinajstić information content (AvgIpc) is 2.62. The van der Waals surface area contributed by atoms with Crippen LogP contribution in [0.3, 0.4) is 0 Å². The van der Waals surface area contributed by atoms with Gasteiger partial charge in [-0.2, -0.15) is 0 Å². The highest BCUT2D eigenvalue weighted by Crippen LogP contribution is 2.42. The van der Waals surface area contributed by atoms with Crippen LogP contribution in [0.5, 0.6) is 0 Å². The fraction of sp³-hybridized carbons (Fsp3) is 0.857. The van der Waals surface area contributed by atoms with Gasteiger partial charge >= 0.3 is 5.97 Å². The van der Waals surface area contributed by atoms with E-state index in [4.69, 9.17) is 0 Å². The van der Waals surface area contributed by atoms with Crippen molar-refractivity contribution in [2.24, 2.45) is 11.8 Å². The van der Waals surface area contributed by atoms with Crippen LogP contribution in [0.25, 0.3) is 0 Å². The van der Waals surface area contributed by atoms with Crippen LogP contribution >= 0.6 is 12.4 Å². The number of methoxy groups -OCH3 is 1. The number of piperidine rings is 1. The standard InChI is InChI=1S/C7H11NO2.ClH/c1-10-7(9)5-3-8-6-2-4(5)6;/h4-6,8H,2-3H2,1H3;1H. The molecule has 3 atom stereocenters. The molecule has 0 aromatic carbocycles. The number of fused-ring (bicyclic) bond motifs is 1. The molecule has 0 radical (unpaired) electrons. The van der Waals surface area contributed by atoms with Crippen LogP contribution in [0, 0.1) is 11.8 Å². The molecule has 4 heteroatoms. The number of carbonyl (C=O) groups is 1. The van der Waals surface area contributed by atoms with Gasteiger partial charge < -0.3 is 10.1 Å². The van der Waals surface area contributed by atoms with E-state index < -0.39 is 0 Å². The van der Waals surface area contributed by atoms with Gasteiger partial charge in [0, 0.05) is 12.6 Å². The van der Waals surface area contributed by atoms with E-state index in [0.717, 1.165) is 6.54 Å². The van der Waals surface area contributed by atoms with Crippen LogP contribution in [0.4, 0.5) is 0 Å². The molecule has 1 aliphatic heterocycles. The zero-order chi connectivity index (χ0) is 7.14. The van der Waals surface area contributed by atoms with Crippen molar-refractivity contribution >= 4 is 18.4 Å². The molecular weight excluding hydrogens is 166 g/mol. The van der Waals surface area contributed by atoms with Crippen LogP contribution in [0.2, 0.25) is 0 Å². The lowest BCUT2D eigenvalue weighted by molar-refractivity contribution is -0.145. The number of hydrogen-bond donors (Lipinski definition) is 1. The van der Waals surface area contributed by atoms with Gasteiger partial charge in [-0.25, -0.2) is 0 Å². The van der Waals surface area contributed by atoms with E-state index in [-0.39, 0.29) is 24.3 Å². The van der Waals surface area contributed by atoms with E-state index in [1.807, 2.05) is 0 Å². The quantitative estimate of drug-likeness (QED) is 0.582. The molecule has 0 amide bonds. The lowest BCUT2D eigenvalue weighted by Gasteiger charge is -2.06. The zero-order valence-corrected chi connectivity index (χ0v) is 7.19. The van der Waals surface area contributed by atoms with E-state index in [0.29, 0.717) is 12.0 Å². The monoisotopic (exact) mass is 177 g/mol. The highest BCUT2D eigenvalue weighted by molar-refractivity contribution is 5.85. The SMILES string of the molecule is COC(=O)C1CNC2CC21.Cl. The topological polar surface area (TPSA) is 38.3 Å². The minimum absolute atomic E-state index is 0. The first kappa shape index (κ1) is 8.81. The molecule has 64 valence electrons. The third kappa shape index (κ3) is 1.35. The minimum atomic E-state index is -0.0440. The van der Waals surface area contributed by atoms with Crippen LogP contribution in [0.1, 0.15) is 6.42 Å². The Labute approximate surface area is 71.9 Å². The van der Waals surface area contributed by atoms with Gasteiger partial charge in [-0.3, -0.25) is 4.79 Å². The lowest BCUT2D eigenvalue weighted by Crippen LogP contribution is -2.23. The summed E-state index contributed by atoms with van der Waals surface area (Å²) < 4.78 is 4.65. The van der Waals surface area contributed by atoms with Gasteiger partial charge in [-0.05, 0) is 12.3 Å². The van der Waals surface area contributed by atoms with Gasteiger partial charge in [0.2, 0.25) is 0 Å². The summed E-state index contributed by atoms with van der Waals surface area (Å²) in [6.45, 7) is 0.821. The second-order valence-corrected chi connectivity index (χ2v) is 3.04. The van der Waals surface area contributed by atoms with E-state index in [2.05, 4.69) is 10.1 Å². The van der Waals surface area contributed by atoms with E-state index in [1.54, 1.807) is 0 Å². The van der Waals surface area contributed by atoms with Crippen molar-refractivity contribution in [2.75, 3.05) is 13.7 Å². The van der Waals surface area contributed by atoms with Crippen molar-refractivity contribution in [1.82, 2.24) is 5.32 Å². The molecule has 2 rings (SSSR count). The molecular formula is C7H12ClNO2. The van der Waals surface area contributed by atoms with Crippen molar-refractivity contribution in [3.05, 3.63) is 0 Å². The van der Waals surface area contributed by atoms with Crippen molar-refractivity contribution in [3.63, 3.8) is 0 Å². The van der Waals surface area contributed by atoms with Gasteiger partial charge in [-0.15, -0.1) is 12.4 Å². The van der Waals surface area contributed by atoms with Crippen LogP contribution in [-0.4, -0.2) is 25.7 Å². The second-order valence-electron chi connectivity index (χ2n) is 3.04. The van der Waals surface area contributed by atoms with Crippen molar-refractivity contribution in [1.29, 1.82) is 0 Å². The third-order valence-corrected chi connectivity index (χ3v) is 2.46. The molecule has 0 aromatic heterocycles. The first-order valence-electron chi connectivity index (χ1n) is 3.64. The van der Waals surface area contributed by atoms with E-state index in [1.165, 1.54) is 13.5 Å². The van der Waals surface area contributed by atoms with Crippen LogP contribution in [0.15, 0.2) is 0 Å². The van der Waals surface area contributed by atoms with Crippen LogP contribution < -0.4 is 5.32 Å². The van der Waals surface area contributed by atoms with Gasteiger partial charge in [0.15, 0.2) is 0 Å². The predicted octanol–water partition coefficient (Wildman–Crippen LogP) is 0.189. The molecule has 1 heterocycles. The Balaban J connectivity index is 0.000000605. The predicted molar refractivity (Wildman–Crippen MR) is 42.7 cm³/mol. The molecule has 11 heavy (non-hydrogen) atoms. The molecule has 1 N–H and O–H groups in total. The Kier molecular flexibility index (Phi) is 2.40. The lowest BCUT2D eigenvalue weighted by atomic mass is 10.1. The number of hydrogen-bond acceptors (Lipinski definition) is 3. The fourth-order valence-corrected chi connectivity index (χ4v) is 1.73. The fourth-order valence-electron chi connectivity index (χ4n) is 1.73. The largest absolute Gasteiger partial charge is 0.469 e. The molecule has 2 fully saturated rings. The number of nitrogens with one attached hydrogen (secondary N) is 1. The molecule has 2 aliphatic rings. The molecule has 1 saturated carbocycles. The molecule has 1 aliphatic carbocycles. The number of halogens is 1. The summed E-state index contributed by atoms with van der Waals surface area (Å²) in [5.41, 5.74) is 0. The van der Waals surface area contributed by atoms with Gasteiger partial charge in [0.25, 0.3) is 0 Å². The number of rotatable bonds is 1. The minimum Gasteiger partial charge on any atom is -0.469 e. The van der Waals surface area contributed by atoms with Gasteiger partial charge in [0.05, 0.1) is 13.0 Å². The van der Waals surface area contributed by atoms with Crippen LogP contribution in [-0.2, 0) is 9.53 Å². The molecule has 1 saturated heterocycles. The molecule has 0 aromatic rings. The summed E-state index contributed by atoms with van der Waals surface area (Å²) in [5.74, 6) is 0.694. The Morgan fingerprint density at radius 3 is 2.73 bits per heavy atom. The molecule has 3 nitrogen and oxygen atoms in total. The first-order valence-corrected chi connectivity index (χ1v) is 3.64. The average molecular weight is 178 g/mol. The van der Waals surface area contributed by atoms with Crippen molar-refractivity contribution in [3.8, 4) is 0 Å². The summed E-state index contributed by atoms with van der Waals surface area (Å²) in [5, 5.41) is 3.26. The summed E-state index contributed by atoms with van der Waals surface area (Å²) >= 11 is 0. The maximum atomic E-state index is 11.0. The molecule has 0 bridgehead atoms. The molecule has 0 spiro atoms. The first-order chi connectivity index (χ1) is 4.83. The Bertz CT molecular complexity index is 174. The number of carbonyl (C=O) groups excluding carboxylic acids is 1. The number of ether oxygens (including phenoxy) is 1. The highest BCUT2D eigenvalue weighted by Gasteiger charge is 2.51. The smallest absolute Gasteiger partial charge is 0.310 e. The second kappa shape index (κ2) is 2.99.